The third kappa shape index (κ3) is 8.19. The van der Waals surface area contributed by atoms with Gasteiger partial charge in [-0.25, -0.2) is 4.79 Å². The smallest absolute Gasteiger partial charge is 1.00 e. The van der Waals surface area contributed by atoms with E-state index in [-0.39, 0.29) is 50.0 Å². The largest absolute Gasteiger partial charge is 1.00 e. The van der Waals surface area contributed by atoms with Gasteiger partial charge in [-0.3, -0.25) is 4.79 Å². The molecule has 1 amide bonds. The summed E-state index contributed by atoms with van der Waals surface area (Å²) in [5.41, 5.74) is 1.35. The molecule has 0 saturated carbocycles. The quantitative estimate of drug-likeness (QED) is 0.311. The van der Waals surface area contributed by atoms with Crippen molar-refractivity contribution in [3.8, 4) is 0 Å². The summed E-state index contributed by atoms with van der Waals surface area (Å²) in [4.78, 5) is 22.7. The summed E-state index contributed by atoms with van der Waals surface area (Å²) in [5, 5.41) is 23.1. The minimum atomic E-state index is -0.984. The van der Waals surface area contributed by atoms with E-state index in [0.717, 1.165) is 5.56 Å². The molecule has 116 valence electrons. The van der Waals surface area contributed by atoms with Gasteiger partial charge in [0.25, 0.3) is 0 Å². The monoisotopic (exact) mass is 316 g/mol. The molecular weight excluding hydrogens is 295 g/mol. The first-order valence-corrected chi connectivity index (χ1v) is 6.63. The second-order valence-corrected chi connectivity index (χ2v) is 4.57. The maximum atomic E-state index is 11.4. The van der Waals surface area contributed by atoms with E-state index in [1.807, 2.05) is 30.3 Å². The number of carboxylic acid groups (broad SMARTS) is 1. The van der Waals surface area contributed by atoms with E-state index in [9.17, 15) is 14.7 Å². The maximum absolute atomic E-state index is 11.4. The van der Waals surface area contributed by atoms with Gasteiger partial charge < -0.3 is 22.3 Å². The van der Waals surface area contributed by atoms with E-state index in [4.69, 9.17) is 5.11 Å². The molecule has 0 spiro atoms. The molecule has 0 saturated heterocycles. The number of aliphatic hydroxyl groups is 1. The van der Waals surface area contributed by atoms with Crippen LogP contribution in [0, 0.1) is 0 Å². The molecule has 7 heteroatoms. The first-order chi connectivity index (χ1) is 10.0. The van der Waals surface area contributed by atoms with Crippen molar-refractivity contribution >= 4 is 11.9 Å². The van der Waals surface area contributed by atoms with Crippen LogP contribution in [0.25, 0.3) is 0 Å². The Morgan fingerprint density at radius 1 is 1.32 bits per heavy atom. The van der Waals surface area contributed by atoms with Gasteiger partial charge in [-0.2, -0.15) is 0 Å². The van der Waals surface area contributed by atoms with Crippen molar-refractivity contribution in [2.75, 3.05) is 13.2 Å². The Balaban J connectivity index is 0. The molecule has 0 aromatic heterocycles. The van der Waals surface area contributed by atoms with Gasteiger partial charge in [-0.1, -0.05) is 30.3 Å². The van der Waals surface area contributed by atoms with Gasteiger partial charge in [-0.15, -0.1) is 0 Å². The van der Waals surface area contributed by atoms with Crippen LogP contribution < -0.4 is 40.2 Å². The zero-order valence-corrected chi connectivity index (χ0v) is 14.9. The number of benzene rings is 1. The second-order valence-electron chi connectivity index (χ2n) is 4.57. The van der Waals surface area contributed by atoms with Crippen LogP contribution in [0.15, 0.2) is 42.1 Å². The van der Waals surface area contributed by atoms with Crippen molar-refractivity contribution in [3.63, 3.8) is 0 Å². The Morgan fingerprint density at radius 3 is 2.50 bits per heavy atom. The van der Waals surface area contributed by atoms with E-state index < -0.39 is 12.0 Å². The fraction of sp³-hybridized carbons (Fsp3) is 0.333. The zero-order chi connectivity index (χ0) is 15.7. The molecule has 1 atom stereocenters. The van der Waals surface area contributed by atoms with E-state index in [0.29, 0.717) is 12.1 Å². The average Bonchev–Trinajstić information content (AvgIpc) is 2.45. The summed E-state index contributed by atoms with van der Waals surface area (Å²) in [5.74, 6) is -1.36. The normalized spacial score (nSPS) is 12.0. The molecule has 0 heterocycles. The number of carbonyl (C=O) groups excluding carboxylic acids is 1. The van der Waals surface area contributed by atoms with Crippen molar-refractivity contribution in [1.82, 2.24) is 10.6 Å². The first-order valence-electron chi connectivity index (χ1n) is 6.63. The number of aliphatic hydroxyl groups excluding tert-OH is 1. The number of rotatable bonds is 8. The second kappa shape index (κ2) is 11.3. The summed E-state index contributed by atoms with van der Waals surface area (Å²) >= 11 is 0. The summed E-state index contributed by atoms with van der Waals surface area (Å²) in [6.45, 7) is 1.65. The molecule has 1 aromatic carbocycles. The van der Waals surface area contributed by atoms with Gasteiger partial charge in [0, 0.05) is 24.7 Å². The van der Waals surface area contributed by atoms with Crippen molar-refractivity contribution in [1.29, 1.82) is 0 Å². The van der Waals surface area contributed by atoms with Crippen LogP contribution in [0.3, 0.4) is 0 Å². The molecule has 0 unspecified atom stereocenters. The van der Waals surface area contributed by atoms with Gasteiger partial charge in [0.1, 0.15) is 6.04 Å². The molecule has 0 radical (unpaired) electrons. The number of aliphatic carboxylic acids is 1. The molecule has 4 N–H and O–H groups in total. The van der Waals surface area contributed by atoms with Gasteiger partial charge in [0.2, 0.25) is 5.91 Å². The van der Waals surface area contributed by atoms with E-state index in [1.54, 1.807) is 6.92 Å². The third-order valence-electron chi connectivity index (χ3n) is 2.74. The van der Waals surface area contributed by atoms with E-state index >= 15 is 0 Å². The fourth-order valence-corrected chi connectivity index (χ4v) is 1.79. The third-order valence-corrected chi connectivity index (χ3v) is 2.74. The van der Waals surface area contributed by atoms with Gasteiger partial charge in [-0.05, 0) is 12.5 Å². The van der Waals surface area contributed by atoms with Crippen molar-refractivity contribution in [2.24, 2.45) is 0 Å². The van der Waals surface area contributed by atoms with Crippen LogP contribution in [0.1, 0.15) is 13.9 Å². The summed E-state index contributed by atoms with van der Waals surface area (Å²) < 4.78 is 0. The molecule has 1 rings (SSSR count). The molecule has 0 bridgehead atoms. The minimum absolute atomic E-state index is 0. The van der Waals surface area contributed by atoms with Crippen LogP contribution in [0.2, 0.25) is 0 Å². The average molecular weight is 316 g/mol. The molecule has 1 aromatic rings. The van der Waals surface area contributed by atoms with Crippen LogP contribution in [0.4, 0.5) is 0 Å². The number of carbonyl (C=O) groups is 2. The van der Waals surface area contributed by atoms with Gasteiger partial charge in [0.15, 0.2) is 0 Å². The Kier molecular flexibility index (Phi) is 10.6. The van der Waals surface area contributed by atoms with E-state index in [2.05, 4.69) is 10.6 Å². The number of carboxylic acids is 1. The molecule has 0 aliphatic carbocycles. The summed E-state index contributed by atoms with van der Waals surface area (Å²) in [6, 6.07) is 8.45. The number of hydrogen-bond acceptors (Lipinski definition) is 4. The molecule has 0 fully saturated rings. The molecular formula is C15H21N2NaO4. The summed E-state index contributed by atoms with van der Waals surface area (Å²) in [7, 11) is 0. The van der Waals surface area contributed by atoms with Gasteiger partial charge in [0.05, 0.1) is 6.61 Å². The number of hydrogen-bond donors (Lipinski definition) is 4. The van der Waals surface area contributed by atoms with Crippen LogP contribution in [-0.2, 0) is 16.0 Å². The number of nitrogens with one attached hydrogen (secondary N) is 2. The minimum Gasteiger partial charge on any atom is -1.00 e. The fourth-order valence-electron chi connectivity index (χ4n) is 1.79. The summed E-state index contributed by atoms with van der Waals surface area (Å²) in [6.07, 6.45) is 1.59. The zero-order valence-electron chi connectivity index (χ0n) is 13.9. The predicted molar refractivity (Wildman–Crippen MR) is 79.7 cm³/mol. The van der Waals surface area contributed by atoms with E-state index in [1.165, 1.54) is 6.08 Å². The van der Waals surface area contributed by atoms with Crippen LogP contribution >= 0.6 is 0 Å². The van der Waals surface area contributed by atoms with Gasteiger partial charge >= 0.3 is 35.5 Å². The Bertz CT molecular complexity index is 511. The van der Waals surface area contributed by atoms with Crippen molar-refractivity contribution < 1.29 is 50.8 Å². The topological polar surface area (TPSA) is 98.7 Å². The van der Waals surface area contributed by atoms with Crippen LogP contribution in [-0.4, -0.2) is 41.3 Å². The standard InChI is InChI=1S/C15H20N2O4.Na.H/c1-11(9-14(19)16-7-8-18)17-13(15(20)21)10-12-5-3-2-4-6-12;;/h2-6,9,13,17-18H,7-8,10H2,1H3,(H,16,19)(H,20,21);;/q;+1;-1/b11-9+;;/t13-;;/m0../s1. The number of allylic oxidation sites excluding steroid dienone is 1. The first kappa shape index (κ1) is 20.7. The van der Waals surface area contributed by atoms with Crippen molar-refractivity contribution in [3.05, 3.63) is 47.7 Å². The SMILES string of the molecule is C/C(=C\C(=O)NCCO)N[C@@H](Cc1ccccc1)C(=O)O.[H-].[Na+]. The molecule has 6 nitrogen and oxygen atoms in total. The molecule has 22 heavy (non-hydrogen) atoms. The maximum Gasteiger partial charge on any atom is 1.00 e. The molecule has 0 aliphatic heterocycles. The Morgan fingerprint density at radius 2 is 1.95 bits per heavy atom. The predicted octanol–water partition coefficient (Wildman–Crippen LogP) is -2.60. The van der Waals surface area contributed by atoms with Crippen LogP contribution in [0.5, 0.6) is 0 Å². The Hall–Kier alpha value is -1.34. The number of amides is 1. The van der Waals surface area contributed by atoms with Crippen molar-refractivity contribution in [2.45, 2.75) is 19.4 Å². The Labute approximate surface area is 153 Å². The molecule has 0 aliphatic rings.